The molecule has 0 N–H and O–H groups in total. The average Bonchev–Trinajstić information content (AvgIpc) is 2.31. The third-order valence-corrected chi connectivity index (χ3v) is 3.24. The summed E-state index contributed by atoms with van der Waals surface area (Å²) in [6.07, 6.45) is 6.95. The van der Waals surface area contributed by atoms with Crippen LogP contribution in [0.1, 0.15) is 18.4 Å². The summed E-state index contributed by atoms with van der Waals surface area (Å²) in [4.78, 5) is 16.9. The van der Waals surface area contributed by atoms with Gasteiger partial charge in [0.1, 0.15) is 0 Å². The molecule has 0 bridgehead atoms. The molecular weight excluding hydrogens is 200 g/mol. The molecule has 2 rings (SSSR count). The van der Waals surface area contributed by atoms with Crippen LogP contribution >= 0.6 is 0 Å². The van der Waals surface area contributed by atoms with E-state index >= 15 is 0 Å². The van der Waals surface area contributed by atoms with Crippen molar-refractivity contribution < 1.29 is 4.79 Å². The van der Waals surface area contributed by atoms with Crippen LogP contribution < -0.4 is 0 Å². The van der Waals surface area contributed by atoms with Crippen molar-refractivity contribution in [1.29, 1.82) is 0 Å². The van der Waals surface area contributed by atoms with E-state index in [1.54, 1.807) is 0 Å². The van der Waals surface area contributed by atoms with E-state index in [4.69, 9.17) is 0 Å². The first-order valence-electron chi connectivity index (χ1n) is 5.75. The third kappa shape index (κ3) is 2.81. The lowest BCUT2D eigenvalue weighted by atomic mass is 9.90. The molecule has 16 heavy (non-hydrogen) atoms. The minimum absolute atomic E-state index is 0.0395. The minimum atomic E-state index is -0.0395. The largest absolute Gasteiger partial charge is 0.343 e. The summed E-state index contributed by atoms with van der Waals surface area (Å²) in [5, 5.41) is 0. The Morgan fingerprint density at radius 1 is 1.38 bits per heavy atom. The van der Waals surface area contributed by atoms with Gasteiger partial charge in [-0.3, -0.25) is 9.78 Å². The molecule has 1 aliphatic rings. The van der Waals surface area contributed by atoms with Crippen LogP contribution in [0.2, 0.25) is 0 Å². The van der Waals surface area contributed by atoms with Gasteiger partial charge in [-0.1, -0.05) is 0 Å². The predicted molar refractivity (Wildman–Crippen MR) is 62.6 cm³/mol. The Labute approximate surface area is 96.5 Å². The molecule has 1 aromatic rings. The van der Waals surface area contributed by atoms with Crippen molar-refractivity contribution >= 4 is 5.91 Å². The highest BCUT2D eigenvalue weighted by Crippen LogP contribution is 2.21. The van der Waals surface area contributed by atoms with Gasteiger partial charge in [0, 0.05) is 32.4 Å². The Bertz CT molecular complexity index is 342. The fraction of sp³-hybridized carbons (Fsp3) is 0.462. The normalized spacial score (nSPS) is 17.4. The van der Waals surface area contributed by atoms with E-state index in [0.29, 0.717) is 5.92 Å². The van der Waals surface area contributed by atoms with Gasteiger partial charge in [-0.15, -0.1) is 0 Å². The topological polar surface area (TPSA) is 33.2 Å². The molecule has 0 saturated carbocycles. The van der Waals surface area contributed by atoms with Gasteiger partial charge in [0.05, 0.1) is 0 Å². The summed E-state index contributed by atoms with van der Waals surface area (Å²) < 4.78 is 0. The number of likely N-dealkylation sites (tertiary alicyclic amines) is 1. The number of carbonyl (C=O) groups excluding carboxylic acids is 1. The minimum Gasteiger partial charge on any atom is -0.343 e. The van der Waals surface area contributed by atoms with Crippen LogP contribution in [0.4, 0.5) is 0 Å². The maximum absolute atomic E-state index is 11.1. The fourth-order valence-corrected chi connectivity index (χ4v) is 2.24. The van der Waals surface area contributed by atoms with E-state index in [1.165, 1.54) is 5.56 Å². The SMILES string of the molecule is [CH2]C(=O)N1CCC(Cc2ccncc2)CC1. The Morgan fingerprint density at radius 2 is 2.00 bits per heavy atom. The number of amides is 1. The predicted octanol–water partition coefficient (Wildman–Crippen LogP) is 1.70. The summed E-state index contributed by atoms with van der Waals surface area (Å²) in [7, 11) is 0. The molecule has 3 heteroatoms. The molecule has 1 amide bonds. The van der Waals surface area contributed by atoms with E-state index in [-0.39, 0.29) is 5.91 Å². The molecule has 0 unspecified atom stereocenters. The van der Waals surface area contributed by atoms with Gasteiger partial charge < -0.3 is 4.90 Å². The van der Waals surface area contributed by atoms with Gasteiger partial charge in [-0.25, -0.2) is 0 Å². The lowest BCUT2D eigenvalue weighted by Crippen LogP contribution is -2.37. The monoisotopic (exact) mass is 217 g/mol. The number of piperidine rings is 1. The fourth-order valence-electron chi connectivity index (χ4n) is 2.24. The summed E-state index contributed by atoms with van der Waals surface area (Å²) in [6, 6.07) is 4.14. The van der Waals surface area contributed by atoms with Crippen LogP contribution in [-0.4, -0.2) is 28.9 Å². The van der Waals surface area contributed by atoms with Gasteiger partial charge in [-0.2, -0.15) is 0 Å². The molecule has 0 aliphatic carbocycles. The smallest absolute Gasteiger partial charge is 0.223 e. The number of nitrogens with zero attached hydrogens (tertiary/aromatic N) is 2. The molecule has 2 heterocycles. The van der Waals surface area contributed by atoms with Crippen molar-refractivity contribution in [3.05, 3.63) is 37.0 Å². The van der Waals surface area contributed by atoms with Gasteiger partial charge in [0.25, 0.3) is 0 Å². The standard InChI is InChI=1S/C13H17N2O/c1-11(16)15-8-4-13(5-9-15)10-12-2-6-14-7-3-12/h2-3,6-7,13H,1,4-5,8-10H2. The highest BCUT2D eigenvalue weighted by Gasteiger charge is 2.20. The van der Waals surface area contributed by atoms with E-state index in [1.807, 2.05) is 17.3 Å². The number of aromatic nitrogens is 1. The van der Waals surface area contributed by atoms with Crippen molar-refractivity contribution in [2.24, 2.45) is 5.92 Å². The summed E-state index contributed by atoms with van der Waals surface area (Å²) in [6.45, 7) is 5.17. The third-order valence-electron chi connectivity index (χ3n) is 3.24. The highest BCUT2D eigenvalue weighted by atomic mass is 16.2. The number of pyridine rings is 1. The van der Waals surface area contributed by atoms with Crippen LogP contribution in [-0.2, 0) is 11.2 Å². The van der Waals surface area contributed by atoms with Crippen molar-refractivity contribution in [3.63, 3.8) is 0 Å². The number of hydrogen-bond acceptors (Lipinski definition) is 2. The zero-order valence-electron chi connectivity index (χ0n) is 9.43. The van der Waals surface area contributed by atoms with Crippen LogP contribution in [0.3, 0.4) is 0 Å². The molecule has 0 atom stereocenters. The maximum Gasteiger partial charge on any atom is 0.223 e. The maximum atomic E-state index is 11.1. The van der Waals surface area contributed by atoms with Crippen molar-refractivity contribution in [2.45, 2.75) is 19.3 Å². The second-order valence-corrected chi connectivity index (χ2v) is 4.38. The Hall–Kier alpha value is -1.38. The lowest BCUT2D eigenvalue weighted by molar-refractivity contribution is -0.127. The van der Waals surface area contributed by atoms with E-state index in [2.05, 4.69) is 24.0 Å². The van der Waals surface area contributed by atoms with Gasteiger partial charge >= 0.3 is 0 Å². The molecule has 1 aromatic heterocycles. The molecule has 1 radical (unpaired) electrons. The first kappa shape index (κ1) is 11.1. The highest BCUT2D eigenvalue weighted by molar-refractivity contribution is 5.80. The number of rotatable bonds is 2. The second-order valence-electron chi connectivity index (χ2n) is 4.38. The van der Waals surface area contributed by atoms with Crippen molar-refractivity contribution in [1.82, 2.24) is 9.88 Å². The zero-order chi connectivity index (χ0) is 11.4. The second kappa shape index (κ2) is 5.10. The molecule has 1 aliphatic heterocycles. The summed E-state index contributed by atoms with van der Waals surface area (Å²) in [5.74, 6) is 0.653. The molecule has 85 valence electrons. The quantitative estimate of drug-likeness (QED) is 0.755. The van der Waals surface area contributed by atoms with Crippen LogP contribution in [0, 0.1) is 12.8 Å². The van der Waals surface area contributed by atoms with Crippen molar-refractivity contribution in [3.8, 4) is 0 Å². The number of hydrogen-bond donors (Lipinski definition) is 0. The lowest BCUT2D eigenvalue weighted by Gasteiger charge is -2.31. The van der Waals surface area contributed by atoms with Crippen LogP contribution in [0.25, 0.3) is 0 Å². The summed E-state index contributed by atoms with van der Waals surface area (Å²) >= 11 is 0. The Kier molecular flexibility index (Phi) is 3.54. The molecule has 1 saturated heterocycles. The molecular formula is C13H17N2O. The van der Waals surface area contributed by atoms with Gasteiger partial charge in [0.2, 0.25) is 5.91 Å². The van der Waals surface area contributed by atoms with Crippen LogP contribution in [0.5, 0.6) is 0 Å². The van der Waals surface area contributed by atoms with Gasteiger partial charge in [0.15, 0.2) is 0 Å². The molecule has 0 aromatic carbocycles. The molecule has 1 fully saturated rings. The van der Waals surface area contributed by atoms with E-state index in [0.717, 1.165) is 32.4 Å². The zero-order valence-corrected chi connectivity index (χ0v) is 9.43. The van der Waals surface area contributed by atoms with E-state index in [9.17, 15) is 4.79 Å². The van der Waals surface area contributed by atoms with E-state index < -0.39 is 0 Å². The van der Waals surface area contributed by atoms with Crippen LogP contribution in [0.15, 0.2) is 24.5 Å². The van der Waals surface area contributed by atoms with Crippen molar-refractivity contribution in [2.75, 3.05) is 13.1 Å². The molecule has 3 nitrogen and oxygen atoms in total. The Balaban J connectivity index is 1.84. The first-order chi connectivity index (χ1) is 7.75. The van der Waals surface area contributed by atoms with Gasteiger partial charge in [-0.05, 0) is 42.9 Å². The molecule has 0 spiro atoms. The number of carbonyl (C=O) groups is 1. The first-order valence-corrected chi connectivity index (χ1v) is 5.75. The Morgan fingerprint density at radius 3 is 2.56 bits per heavy atom. The average molecular weight is 217 g/mol. The summed E-state index contributed by atoms with van der Waals surface area (Å²) in [5.41, 5.74) is 1.34.